The van der Waals surface area contributed by atoms with Gasteiger partial charge in [-0.1, -0.05) is 145 Å². The second-order valence-electron chi connectivity index (χ2n) is 16.1. The first-order valence-corrected chi connectivity index (χ1v) is 17.5. The Morgan fingerprint density at radius 2 is 0.878 bits per heavy atom. The van der Waals surface area contributed by atoms with Gasteiger partial charge in [0.1, 0.15) is 11.3 Å². The van der Waals surface area contributed by atoms with Gasteiger partial charge in [0.2, 0.25) is 0 Å². The minimum absolute atomic E-state index is 0.00409. The van der Waals surface area contributed by atoms with Crippen molar-refractivity contribution >= 4 is 64.8 Å². The van der Waals surface area contributed by atoms with E-state index in [4.69, 9.17) is 4.42 Å². The SMILES string of the molecule is CC(C)(C)c1ccccc1-c1cc2c3cc(-c4ccccc4)oc3c3cc(-c4ccccc4C(C)(C)C)c4ccc5ccc1c1c5c4c3c21. The van der Waals surface area contributed by atoms with Crippen molar-refractivity contribution in [2.75, 3.05) is 0 Å². The van der Waals surface area contributed by atoms with Crippen LogP contribution in [0.5, 0.6) is 0 Å². The van der Waals surface area contributed by atoms with E-state index in [-0.39, 0.29) is 10.8 Å². The molecule has 10 aromatic rings. The van der Waals surface area contributed by atoms with E-state index < -0.39 is 0 Å². The molecular formula is C48H38O. The summed E-state index contributed by atoms with van der Waals surface area (Å²) in [7, 11) is 0. The first-order valence-electron chi connectivity index (χ1n) is 17.5. The van der Waals surface area contributed by atoms with Crippen LogP contribution in [0.2, 0.25) is 0 Å². The van der Waals surface area contributed by atoms with Gasteiger partial charge in [-0.3, -0.25) is 0 Å². The fraction of sp³-hybridized carbons (Fsp3) is 0.167. The Morgan fingerprint density at radius 1 is 0.388 bits per heavy atom. The van der Waals surface area contributed by atoms with E-state index in [0.29, 0.717) is 0 Å². The Balaban J connectivity index is 1.46. The highest BCUT2D eigenvalue weighted by Crippen LogP contribution is 2.56. The van der Waals surface area contributed by atoms with Crippen LogP contribution in [0.25, 0.3) is 98.4 Å². The molecule has 0 aliphatic heterocycles. The van der Waals surface area contributed by atoms with Crippen molar-refractivity contribution in [2.24, 2.45) is 0 Å². The molecule has 1 nitrogen and oxygen atoms in total. The quantitative estimate of drug-likeness (QED) is 0.177. The van der Waals surface area contributed by atoms with E-state index in [2.05, 4.69) is 163 Å². The summed E-state index contributed by atoms with van der Waals surface area (Å²) in [5.41, 5.74) is 9.94. The molecule has 0 saturated carbocycles. The summed E-state index contributed by atoms with van der Waals surface area (Å²) < 4.78 is 7.02. The minimum Gasteiger partial charge on any atom is -0.455 e. The van der Waals surface area contributed by atoms with E-state index in [1.807, 2.05) is 0 Å². The molecule has 0 fully saturated rings. The van der Waals surface area contributed by atoms with Crippen LogP contribution in [0.1, 0.15) is 52.7 Å². The largest absolute Gasteiger partial charge is 0.455 e. The predicted octanol–water partition coefficient (Wildman–Crippen LogP) is 14.1. The average Bonchev–Trinajstić information content (AvgIpc) is 3.71. The summed E-state index contributed by atoms with van der Waals surface area (Å²) in [6, 6.07) is 45.2. The molecule has 0 bridgehead atoms. The molecule has 0 amide bonds. The van der Waals surface area contributed by atoms with Crippen LogP contribution in [0.4, 0.5) is 0 Å². The summed E-state index contributed by atoms with van der Waals surface area (Å²) in [5, 5.41) is 14.4. The van der Waals surface area contributed by atoms with Gasteiger partial charge in [0, 0.05) is 21.7 Å². The monoisotopic (exact) mass is 630 g/mol. The van der Waals surface area contributed by atoms with Crippen LogP contribution < -0.4 is 0 Å². The molecule has 0 atom stereocenters. The van der Waals surface area contributed by atoms with E-state index in [1.54, 1.807) is 0 Å². The summed E-state index contributed by atoms with van der Waals surface area (Å²) >= 11 is 0. The standard InChI is InChI=1S/C48H38O/c1-47(2,3)38-18-12-10-16-29(38)33-24-35-36-26-40(27-14-8-7-9-15-27)49-46(36)37-25-34(30-17-11-13-19-39(30)48(4,5)6)32-23-21-28-20-22-31(33)42-41(28)43(32)45(37)44(35)42/h7-26H,1-6H3. The van der Waals surface area contributed by atoms with Crippen molar-refractivity contribution < 1.29 is 4.42 Å². The Morgan fingerprint density at radius 3 is 1.45 bits per heavy atom. The summed E-state index contributed by atoms with van der Waals surface area (Å²) in [5.74, 6) is 0.907. The number of rotatable bonds is 3. The molecule has 1 heterocycles. The molecule has 0 N–H and O–H groups in total. The number of hydrogen-bond acceptors (Lipinski definition) is 1. The number of fused-ring (bicyclic) bond motifs is 3. The zero-order chi connectivity index (χ0) is 33.4. The molecule has 0 unspecified atom stereocenters. The zero-order valence-electron chi connectivity index (χ0n) is 29.0. The topological polar surface area (TPSA) is 13.1 Å². The van der Waals surface area contributed by atoms with E-state index in [0.717, 1.165) is 16.9 Å². The maximum absolute atomic E-state index is 7.02. The molecule has 0 saturated heterocycles. The van der Waals surface area contributed by atoms with Crippen molar-refractivity contribution in [1.82, 2.24) is 0 Å². The van der Waals surface area contributed by atoms with Gasteiger partial charge in [0.15, 0.2) is 0 Å². The fourth-order valence-electron chi connectivity index (χ4n) is 8.88. The van der Waals surface area contributed by atoms with Gasteiger partial charge in [0.25, 0.3) is 0 Å². The molecular weight excluding hydrogens is 593 g/mol. The van der Waals surface area contributed by atoms with Crippen molar-refractivity contribution in [3.8, 4) is 33.6 Å². The first-order chi connectivity index (χ1) is 23.6. The van der Waals surface area contributed by atoms with Crippen LogP contribution in [-0.2, 0) is 10.8 Å². The molecule has 0 aliphatic rings. The normalized spacial score (nSPS) is 13.1. The second-order valence-corrected chi connectivity index (χ2v) is 16.1. The third-order valence-corrected chi connectivity index (χ3v) is 11.0. The van der Waals surface area contributed by atoms with Crippen LogP contribution >= 0.6 is 0 Å². The van der Waals surface area contributed by atoms with Gasteiger partial charge < -0.3 is 4.42 Å². The van der Waals surface area contributed by atoms with Crippen LogP contribution in [0.15, 0.2) is 126 Å². The Kier molecular flexibility index (Phi) is 5.61. The highest BCUT2D eigenvalue weighted by Gasteiger charge is 2.29. The number of hydrogen-bond donors (Lipinski definition) is 0. The Hall–Kier alpha value is -5.40. The Bertz CT molecular complexity index is 2700. The molecule has 1 heteroatoms. The molecule has 9 aromatic carbocycles. The van der Waals surface area contributed by atoms with Crippen molar-refractivity contribution in [3.05, 3.63) is 132 Å². The number of furan rings is 1. The predicted molar refractivity (Wildman–Crippen MR) is 211 cm³/mol. The van der Waals surface area contributed by atoms with E-state index >= 15 is 0 Å². The molecule has 10 rings (SSSR count). The minimum atomic E-state index is -0.00901. The van der Waals surface area contributed by atoms with Gasteiger partial charge in [-0.2, -0.15) is 0 Å². The lowest BCUT2D eigenvalue weighted by molar-refractivity contribution is 0.592. The Labute approximate surface area is 286 Å². The lowest BCUT2D eigenvalue weighted by Crippen LogP contribution is -2.12. The molecule has 0 radical (unpaired) electrons. The maximum Gasteiger partial charge on any atom is 0.143 e. The maximum atomic E-state index is 7.02. The van der Waals surface area contributed by atoms with Crippen molar-refractivity contribution in [2.45, 2.75) is 52.4 Å². The van der Waals surface area contributed by atoms with Gasteiger partial charge in [-0.15, -0.1) is 0 Å². The number of benzene rings is 8. The molecule has 0 spiro atoms. The second kappa shape index (κ2) is 9.61. The van der Waals surface area contributed by atoms with Crippen LogP contribution in [-0.4, -0.2) is 0 Å². The van der Waals surface area contributed by atoms with Crippen LogP contribution in [0, 0.1) is 0 Å². The molecule has 236 valence electrons. The smallest absolute Gasteiger partial charge is 0.143 e. The molecule has 1 aromatic heterocycles. The van der Waals surface area contributed by atoms with Crippen molar-refractivity contribution in [1.29, 1.82) is 0 Å². The third kappa shape index (κ3) is 3.88. The van der Waals surface area contributed by atoms with Gasteiger partial charge >= 0.3 is 0 Å². The van der Waals surface area contributed by atoms with Gasteiger partial charge in [-0.25, -0.2) is 0 Å². The third-order valence-electron chi connectivity index (χ3n) is 11.0. The van der Waals surface area contributed by atoms with E-state index in [9.17, 15) is 0 Å². The summed E-state index contributed by atoms with van der Waals surface area (Å²) in [4.78, 5) is 0. The van der Waals surface area contributed by atoms with Crippen molar-refractivity contribution in [3.63, 3.8) is 0 Å². The summed E-state index contributed by atoms with van der Waals surface area (Å²) in [6.45, 7) is 13.9. The highest BCUT2D eigenvalue weighted by atomic mass is 16.3. The first kappa shape index (κ1) is 28.6. The fourth-order valence-corrected chi connectivity index (χ4v) is 8.88. The summed E-state index contributed by atoms with van der Waals surface area (Å²) in [6.07, 6.45) is 0. The van der Waals surface area contributed by atoms with E-state index in [1.165, 1.54) is 92.6 Å². The molecule has 49 heavy (non-hydrogen) atoms. The molecule has 0 aliphatic carbocycles. The van der Waals surface area contributed by atoms with Crippen LogP contribution in [0.3, 0.4) is 0 Å². The zero-order valence-corrected chi connectivity index (χ0v) is 29.0. The average molecular weight is 631 g/mol. The highest BCUT2D eigenvalue weighted by molar-refractivity contribution is 6.49. The van der Waals surface area contributed by atoms with Gasteiger partial charge in [-0.05, 0) is 105 Å². The van der Waals surface area contributed by atoms with Gasteiger partial charge in [0.05, 0.1) is 0 Å². The lowest BCUT2D eigenvalue weighted by atomic mass is 9.80. The lowest BCUT2D eigenvalue weighted by Gasteiger charge is -2.24.